The second-order valence-corrected chi connectivity index (χ2v) is 6.93. The van der Waals surface area contributed by atoms with E-state index >= 15 is 0 Å². The summed E-state index contributed by atoms with van der Waals surface area (Å²) in [7, 11) is 1.65. The van der Waals surface area contributed by atoms with Gasteiger partial charge >= 0.3 is 0 Å². The zero-order valence-electron chi connectivity index (χ0n) is 14.9. The molecule has 0 saturated heterocycles. The molecule has 3 rings (SSSR count). The Hall–Kier alpha value is -2.66. The van der Waals surface area contributed by atoms with Crippen LogP contribution in [0.5, 0.6) is 5.75 Å². The highest BCUT2D eigenvalue weighted by atomic mass is 32.1. The molecule has 1 N–H and O–H groups in total. The number of carbonyl (C=O) groups is 1. The molecule has 0 fully saturated rings. The van der Waals surface area contributed by atoms with Crippen LogP contribution in [-0.2, 0) is 11.2 Å². The van der Waals surface area contributed by atoms with E-state index in [1.54, 1.807) is 18.4 Å². The second-order valence-electron chi connectivity index (χ2n) is 6.08. The lowest BCUT2D eigenvalue weighted by atomic mass is 10.1. The van der Waals surface area contributed by atoms with Crippen LogP contribution in [0.3, 0.4) is 0 Å². The summed E-state index contributed by atoms with van der Waals surface area (Å²) in [5.41, 5.74) is 3.08. The molecule has 4 nitrogen and oxygen atoms in total. The van der Waals surface area contributed by atoms with E-state index < -0.39 is 0 Å². The molecule has 5 heteroatoms. The lowest BCUT2D eigenvalue weighted by molar-refractivity contribution is -0.121. The van der Waals surface area contributed by atoms with Crippen LogP contribution in [0.1, 0.15) is 30.6 Å². The normalized spacial score (nSPS) is 11.8. The number of nitrogens with one attached hydrogen (secondary N) is 1. The van der Waals surface area contributed by atoms with Crippen LogP contribution in [0.4, 0.5) is 0 Å². The number of thiazole rings is 1. The van der Waals surface area contributed by atoms with Crippen LogP contribution in [0.15, 0.2) is 60.0 Å². The minimum absolute atomic E-state index is 0.00600. The Balaban J connectivity index is 1.55. The molecule has 3 aromatic rings. The van der Waals surface area contributed by atoms with Crippen molar-refractivity contribution >= 4 is 17.2 Å². The molecule has 0 saturated carbocycles. The fourth-order valence-corrected chi connectivity index (χ4v) is 3.54. The topological polar surface area (TPSA) is 51.2 Å². The van der Waals surface area contributed by atoms with Crippen LogP contribution >= 0.6 is 11.3 Å². The molecule has 0 aliphatic heterocycles. The Labute approximate surface area is 157 Å². The molecular weight excluding hydrogens is 344 g/mol. The number of methoxy groups -OCH3 is 1. The van der Waals surface area contributed by atoms with E-state index in [0.717, 1.165) is 27.6 Å². The van der Waals surface area contributed by atoms with E-state index in [4.69, 9.17) is 4.74 Å². The maximum absolute atomic E-state index is 12.2. The zero-order valence-corrected chi connectivity index (χ0v) is 15.8. The van der Waals surface area contributed by atoms with Crippen molar-refractivity contribution in [1.82, 2.24) is 10.3 Å². The van der Waals surface area contributed by atoms with E-state index in [-0.39, 0.29) is 11.9 Å². The van der Waals surface area contributed by atoms with Crippen molar-refractivity contribution in [3.05, 3.63) is 71.2 Å². The summed E-state index contributed by atoms with van der Waals surface area (Å²) in [5.74, 6) is 0.853. The number of amides is 1. The van der Waals surface area contributed by atoms with Gasteiger partial charge in [0.15, 0.2) is 0 Å². The Morgan fingerprint density at radius 2 is 2.00 bits per heavy atom. The number of ether oxygens (including phenoxy) is 1. The van der Waals surface area contributed by atoms with Crippen LogP contribution in [0, 0.1) is 0 Å². The van der Waals surface area contributed by atoms with Crippen molar-refractivity contribution in [2.75, 3.05) is 7.11 Å². The summed E-state index contributed by atoms with van der Waals surface area (Å²) < 4.78 is 5.26. The quantitative estimate of drug-likeness (QED) is 0.663. The zero-order chi connectivity index (χ0) is 18.4. The van der Waals surface area contributed by atoms with Crippen molar-refractivity contribution in [2.24, 2.45) is 0 Å². The van der Waals surface area contributed by atoms with Gasteiger partial charge in [-0.3, -0.25) is 4.79 Å². The van der Waals surface area contributed by atoms with Gasteiger partial charge in [0.2, 0.25) is 5.91 Å². The molecule has 1 unspecified atom stereocenters. The largest absolute Gasteiger partial charge is 0.497 e. The average molecular weight is 366 g/mol. The van der Waals surface area contributed by atoms with Crippen molar-refractivity contribution in [3.8, 4) is 16.3 Å². The molecule has 0 spiro atoms. The molecule has 134 valence electrons. The maximum Gasteiger partial charge on any atom is 0.220 e. The van der Waals surface area contributed by atoms with Gasteiger partial charge in [0, 0.05) is 17.4 Å². The van der Waals surface area contributed by atoms with Crippen molar-refractivity contribution in [1.29, 1.82) is 0 Å². The first-order valence-corrected chi connectivity index (χ1v) is 9.47. The predicted octanol–water partition coefficient (Wildman–Crippen LogP) is 4.63. The fraction of sp³-hybridized carbons (Fsp3) is 0.238. The highest BCUT2D eigenvalue weighted by Gasteiger charge is 2.11. The van der Waals surface area contributed by atoms with Gasteiger partial charge in [-0.15, -0.1) is 11.3 Å². The molecule has 26 heavy (non-hydrogen) atoms. The summed E-state index contributed by atoms with van der Waals surface area (Å²) in [5, 5.41) is 6.00. The Kier molecular flexibility index (Phi) is 6.02. The molecule has 1 heterocycles. The molecule has 1 atom stereocenters. The monoisotopic (exact) mass is 366 g/mol. The third-order valence-corrected chi connectivity index (χ3v) is 5.09. The van der Waals surface area contributed by atoms with E-state index in [9.17, 15) is 4.79 Å². The number of hydrogen-bond donors (Lipinski definition) is 1. The van der Waals surface area contributed by atoms with Crippen LogP contribution in [0.25, 0.3) is 10.6 Å². The standard InChI is InChI=1S/C21H22N2O2S/c1-15(16-7-4-3-5-8-16)22-20(24)12-11-18-14-26-21(23-18)17-9-6-10-19(13-17)25-2/h3-10,13-15H,11-12H2,1-2H3,(H,22,24). The van der Waals surface area contributed by atoms with Gasteiger partial charge in [-0.1, -0.05) is 42.5 Å². The Bertz CT molecular complexity index is 861. The maximum atomic E-state index is 12.2. The molecule has 0 radical (unpaired) electrons. The number of rotatable bonds is 7. The van der Waals surface area contributed by atoms with Gasteiger partial charge in [0.05, 0.1) is 18.8 Å². The molecule has 0 aliphatic rings. The van der Waals surface area contributed by atoms with Crippen molar-refractivity contribution < 1.29 is 9.53 Å². The number of hydrogen-bond acceptors (Lipinski definition) is 4. The molecule has 2 aromatic carbocycles. The molecule has 0 bridgehead atoms. The third-order valence-electron chi connectivity index (χ3n) is 4.15. The number of aryl methyl sites for hydroxylation is 1. The lowest BCUT2D eigenvalue weighted by Crippen LogP contribution is -2.26. The summed E-state index contributed by atoms with van der Waals surface area (Å²) in [6.07, 6.45) is 1.06. The molecule has 0 aliphatic carbocycles. The Morgan fingerprint density at radius 1 is 1.19 bits per heavy atom. The predicted molar refractivity (Wildman–Crippen MR) is 105 cm³/mol. The first kappa shape index (κ1) is 18.1. The van der Waals surface area contributed by atoms with Crippen LogP contribution in [-0.4, -0.2) is 18.0 Å². The molecule has 1 aromatic heterocycles. The smallest absolute Gasteiger partial charge is 0.220 e. The number of carbonyl (C=O) groups excluding carboxylic acids is 1. The van der Waals surface area contributed by atoms with Crippen molar-refractivity contribution in [2.45, 2.75) is 25.8 Å². The number of nitrogens with zero attached hydrogens (tertiary/aromatic N) is 1. The summed E-state index contributed by atoms with van der Waals surface area (Å²) in [6.45, 7) is 2.00. The average Bonchev–Trinajstić information content (AvgIpc) is 3.16. The Morgan fingerprint density at radius 3 is 2.77 bits per heavy atom. The molecular formula is C21H22N2O2S. The first-order chi connectivity index (χ1) is 12.7. The van der Waals surface area contributed by atoms with Crippen LogP contribution < -0.4 is 10.1 Å². The summed E-state index contributed by atoms with van der Waals surface area (Å²) in [4.78, 5) is 16.9. The van der Waals surface area contributed by atoms with Gasteiger partial charge < -0.3 is 10.1 Å². The van der Waals surface area contributed by atoms with Crippen molar-refractivity contribution in [3.63, 3.8) is 0 Å². The SMILES string of the molecule is COc1cccc(-c2nc(CCC(=O)NC(C)c3ccccc3)cs2)c1. The molecule has 1 amide bonds. The van der Waals surface area contributed by atoms with E-state index in [0.29, 0.717) is 12.8 Å². The van der Waals surface area contributed by atoms with Gasteiger partial charge in [-0.2, -0.15) is 0 Å². The van der Waals surface area contributed by atoms with Crippen LogP contribution in [0.2, 0.25) is 0 Å². The highest BCUT2D eigenvalue weighted by molar-refractivity contribution is 7.13. The van der Waals surface area contributed by atoms with Gasteiger partial charge in [-0.25, -0.2) is 4.98 Å². The van der Waals surface area contributed by atoms with Gasteiger partial charge in [0.1, 0.15) is 10.8 Å². The number of aromatic nitrogens is 1. The highest BCUT2D eigenvalue weighted by Crippen LogP contribution is 2.27. The summed E-state index contributed by atoms with van der Waals surface area (Å²) in [6, 6.07) is 17.8. The second kappa shape index (κ2) is 8.63. The number of benzene rings is 2. The lowest BCUT2D eigenvalue weighted by Gasteiger charge is -2.13. The minimum atomic E-state index is 0.00600. The fourth-order valence-electron chi connectivity index (χ4n) is 2.69. The van der Waals surface area contributed by atoms with E-state index in [1.807, 2.05) is 66.9 Å². The van der Waals surface area contributed by atoms with E-state index in [1.165, 1.54) is 0 Å². The van der Waals surface area contributed by atoms with Gasteiger partial charge in [0.25, 0.3) is 0 Å². The van der Waals surface area contributed by atoms with E-state index in [2.05, 4.69) is 10.3 Å². The third kappa shape index (κ3) is 4.70. The summed E-state index contributed by atoms with van der Waals surface area (Å²) >= 11 is 1.59. The minimum Gasteiger partial charge on any atom is -0.497 e. The van der Waals surface area contributed by atoms with Gasteiger partial charge in [-0.05, 0) is 31.0 Å². The first-order valence-electron chi connectivity index (χ1n) is 8.59.